The summed E-state index contributed by atoms with van der Waals surface area (Å²) in [5.74, 6) is 0.806. The highest BCUT2D eigenvalue weighted by molar-refractivity contribution is 7.66. The number of hydrogen-bond acceptors (Lipinski definition) is 3. The molecule has 1 rings (SSSR count). The first-order valence-corrected chi connectivity index (χ1v) is 6.91. The fourth-order valence-electron chi connectivity index (χ4n) is 1.27. The van der Waals surface area contributed by atoms with E-state index in [9.17, 15) is 9.90 Å². The molecule has 0 amide bonds. The molecule has 0 fully saturated rings. The van der Waals surface area contributed by atoms with Crippen molar-refractivity contribution in [2.45, 2.75) is 13.3 Å². The van der Waals surface area contributed by atoms with Crippen LogP contribution in [-0.4, -0.2) is 18.9 Å². The topological polar surface area (TPSA) is 49.4 Å². The van der Waals surface area contributed by atoms with Crippen LogP contribution in [0.25, 0.3) is 0 Å². The van der Waals surface area contributed by atoms with E-state index in [1.54, 1.807) is 6.92 Å². The van der Waals surface area contributed by atoms with Crippen LogP contribution >= 0.6 is 7.55 Å². The molecule has 0 spiro atoms. The molecule has 17 heavy (non-hydrogen) atoms. The van der Waals surface area contributed by atoms with E-state index in [-0.39, 0.29) is 12.2 Å². The molecule has 90 valence electrons. The summed E-state index contributed by atoms with van der Waals surface area (Å²) in [6.07, 6.45) is 3.74. The molecule has 4 heteroatoms. The van der Waals surface area contributed by atoms with Crippen LogP contribution in [0.4, 0.5) is 0 Å². The zero-order valence-corrected chi connectivity index (χ0v) is 10.7. The minimum atomic E-state index is -0.887. The van der Waals surface area contributed by atoms with Gasteiger partial charge < -0.3 is 9.84 Å². The number of benzene rings is 1. The van der Waals surface area contributed by atoms with Crippen molar-refractivity contribution in [1.82, 2.24) is 0 Å². The lowest BCUT2D eigenvalue weighted by atomic mass is 10.4. The van der Waals surface area contributed by atoms with Crippen molar-refractivity contribution < 1.29 is 14.6 Å². The predicted octanol–water partition coefficient (Wildman–Crippen LogP) is 1.38. The minimum absolute atomic E-state index is 0.199. The van der Waals surface area contributed by atoms with Crippen LogP contribution in [0.2, 0.25) is 0 Å². The van der Waals surface area contributed by atoms with Gasteiger partial charge in [-0.05, 0) is 19.1 Å². The smallest absolute Gasteiger partial charge is 0.309 e. The number of hydrogen-bond donors (Lipinski definition) is 0. The molecule has 0 radical (unpaired) electrons. The van der Waals surface area contributed by atoms with Crippen LogP contribution in [-0.2, 0) is 9.53 Å². The van der Waals surface area contributed by atoms with E-state index in [4.69, 9.17) is 4.74 Å². The molecule has 1 atom stereocenters. The van der Waals surface area contributed by atoms with E-state index in [1.807, 2.05) is 30.3 Å². The molecule has 0 saturated carbocycles. The minimum Gasteiger partial charge on any atom is -0.873 e. The number of carbonyl (C=O) groups excluding carboxylic acids is 1. The van der Waals surface area contributed by atoms with Gasteiger partial charge in [-0.1, -0.05) is 24.0 Å². The standard InChI is InChI=1S/C13H15O3P/c1-3-16-13(15)9-11(14)10-17(2)12-7-5-4-6-8-12/h4-8,10H,2-3,9H2,1H3. The second-order valence-electron chi connectivity index (χ2n) is 3.38. The van der Waals surface area contributed by atoms with Crippen molar-refractivity contribution in [3.05, 3.63) is 41.9 Å². The van der Waals surface area contributed by atoms with Gasteiger partial charge in [-0.2, -0.15) is 0 Å². The predicted molar refractivity (Wildman–Crippen MR) is 69.5 cm³/mol. The summed E-state index contributed by atoms with van der Waals surface area (Å²) in [6, 6.07) is 9.56. The maximum atomic E-state index is 11.5. The van der Waals surface area contributed by atoms with Gasteiger partial charge in [-0.3, -0.25) is 4.79 Å². The van der Waals surface area contributed by atoms with E-state index in [0.717, 1.165) is 5.30 Å². The zero-order valence-electron chi connectivity index (χ0n) is 9.76. The lowest BCUT2D eigenvalue weighted by Gasteiger charge is -2.07. The SMILES string of the molecule is C=[P+](C=C([O-])CC(=O)OCC)c1ccccc1. The van der Waals surface area contributed by atoms with Crippen LogP contribution in [0.15, 0.2) is 41.9 Å². The monoisotopic (exact) mass is 250 g/mol. The maximum Gasteiger partial charge on any atom is 0.309 e. The number of ether oxygens (including phenoxy) is 1. The van der Waals surface area contributed by atoms with Gasteiger partial charge in [-0.25, -0.2) is 0 Å². The average molecular weight is 250 g/mol. The van der Waals surface area contributed by atoms with Crippen LogP contribution in [0, 0.1) is 0 Å². The molecule has 0 bridgehead atoms. The summed E-state index contributed by atoms with van der Waals surface area (Å²) in [4.78, 5) is 11.1. The zero-order chi connectivity index (χ0) is 12.7. The highest BCUT2D eigenvalue weighted by Gasteiger charge is 2.07. The van der Waals surface area contributed by atoms with Crippen molar-refractivity contribution in [2.24, 2.45) is 0 Å². The molecule has 0 heterocycles. The Morgan fingerprint density at radius 1 is 1.47 bits per heavy atom. The lowest BCUT2D eigenvalue weighted by Crippen LogP contribution is -2.12. The third-order valence-electron chi connectivity index (χ3n) is 2.01. The van der Waals surface area contributed by atoms with Crippen molar-refractivity contribution in [3.8, 4) is 0 Å². The molecule has 1 aromatic rings. The molecule has 0 aliphatic carbocycles. The summed E-state index contributed by atoms with van der Waals surface area (Å²) in [7, 11) is -0.887. The Hall–Kier alpha value is -1.60. The van der Waals surface area contributed by atoms with E-state index in [2.05, 4.69) is 6.30 Å². The van der Waals surface area contributed by atoms with Crippen LogP contribution in [0.5, 0.6) is 0 Å². The summed E-state index contributed by atoms with van der Waals surface area (Å²) < 4.78 is 4.71. The first-order chi connectivity index (χ1) is 8.13. The lowest BCUT2D eigenvalue weighted by molar-refractivity contribution is -0.305. The second kappa shape index (κ2) is 6.87. The molecular formula is C13H15O3P. The number of esters is 1. The van der Waals surface area contributed by atoms with Crippen LogP contribution in [0.1, 0.15) is 13.3 Å². The Kier molecular flexibility index (Phi) is 5.44. The summed E-state index contributed by atoms with van der Waals surface area (Å²) in [6.45, 7) is 2.01. The van der Waals surface area contributed by atoms with Gasteiger partial charge in [0.1, 0.15) is 5.82 Å². The highest BCUT2D eigenvalue weighted by Crippen LogP contribution is 2.22. The Morgan fingerprint density at radius 3 is 2.71 bits per heavy atom. The molecule has 0 N–H and O–H groups in total. The van der Waals surface area contributed by atoms with Gasteiger partial charge in [-0.15, -0.1) is 0 Å². The Morgan fingerprint density at radius 2 is 2.12 bits per heavy atom. The largest absolute Gasteiger partial charge is 0.873 e. The third-order valence-corrected chi connectivity index (χ3v) is 3.57. The molecule has 1 aromatic carbocycles. The molecule has 0 aliphatic heterocycles. The molecule has 3 nitrogen and oxygen atoms in total. The third kappa shape index (κ3) is 4.83. The van der Waals surface area contributed by atoms with Gasteiger partial charge in [0.05, 0.1) is 19.3 Å². The molecular weight excluding hydrogens is 235 g/mol. The van der Waals surface area contributed by atoms with Crippen molar-refractivity contribution in [3.63, 3.8) is 0 Å². The van der Waals surface area contributed by atoms with E-state index >= 15 is 0 Å². The molecule has 0 aromatic heterocycles. The van der Waals surface area contributed by atoms with Gasteiger partial charge in [0.15, 0.2) is 12.8 Å². The summed E-state index contributed by atoms with van der Waals surface area (Å²) >= 11 is 0. The molecule has 0 aliphatic rings. The van der Waals surface area contributed by atoms with Crippen molar-refractivity contribution in [1.29, 1.82) is 0 Å². The highest BCUT2D eigenvalue weighted by atomic mass is 31.1. The maximum absolute atomic E-state index is 11.5. The number of rotatable bonds is 5. The summed E-state index contributed by atoms with van der Waals surface area (Å²) in [5.41, 5.74) is 0. The quantitative estimate of drug-likeness (QED) is 0.450. The first kappa shape index (κ1) is 13.5. The van der Waals surface area contributed by atoms with Gasteiger partial charge in [0.2, 0.25) is 0 Å². The van der Waals surface area contributed by atoms with E-state index in [1.165, 1.54) is 5.82 Å². The second-order valence-corrected chi connectivity index (χ2v) is 5.10. The van der Waals surface area contributed by atoms with Crippen LogP contribution < -0.4 is 10.4 Å². The van der Waals surface area contributed by atoms with Crippen molar-refractivity contribution in [2.75, 3.05) is 6.61 Å². The average Bonchev–Trinajstić information content (AvgIpc) is 2.30. The molecule has 0 saturated heterocycles. The van der Waals surface area contributed by atoms with Gasteiger partial charge in [0, 0.05) is 0 Å². The van der Waals surface area contributed by atoms with Gasteiger partial charge >= 0.3 is 5.97 Å². The van der Waals surface area contributed by atoms with E-state index in [0.29, 0.717) is 6.61 Å². The Labute approximate surface area is 102 Å². The van der Waals surface area contributed by atoms with Gasteiger partial charge in [0.25, 0.3) is 0 Å². The summed E-state index contributed by atoms with van der Waals surface area (Å²) in [5, 5.41) is 12.5. The first-order valence-electron chi connectivity index (χ1n) is 5.31. The van der Waals surface area contributed by atoms with E-state index < -0.39 is 13.5 Å². The fourth-order valence-corrected chi connectivity index (χ4v) is 2.41. The number of carbonyl (C=O) groups is 1. The fraction of sp³-hybridized carbons (Fsp3) is 0.231. The normalized spacial score (nSPS) is 12.1. The Bertz CT molecular complexity index is 424. The van der Waals surface area contributed by atoms with Crippen molar-refractivity contribution >= 4 is 25.1 Å². The van der Waals surface area contributed by atoms with Crippen LogP contribution in [0.3, 0.4) is 0 Å². The molecule has 1 unspecified atom stereocenters. The Balaban J connectivity index is 2.63.